The summed E-state index contributed by atoms with van der Waals surface area (Å²) in [6.07, 6.45) is 0. The van der Waals surface area contributed by atoms with E-state index in [1.165, 1.54) is 12.1 Å². The molecule has 3 aromatic carbocycles. The summed E-state index contributed by atoms with van der Waals surface area (Å²) in [5.41, 5.74) is 2.66. The van der Waals surface area contributed by atoms with Crippen LogP contribution in [0.1, 0.15) is 43.0 Å². The zero-order valence-electron chi connectivity index (χ0n) is 14.6. The fourth-order valence-electron chi connectivity index (χ4n) is 2.47. The molecule has 0 saturated heterocycles. The Balaban J connectivity index is 1.82. The van der Waals surface area contributed by atoms with Crippen molar-refractivity contribution >= 4 is 11.9 Å². The number of carboxylic acids is 2. The number of aromatic carboxylic acids is 2. The molecule has 0 radical (unpaired) electrons. The molecule has 0 aliphatic heterocycles. The lowest BCUT2D eigenvalue weighted by Gasteiger charge is -1.98. The minimum atomic E-state index is -1.02. The molecule has 0 aromatic heterocycles. The Bertz CT molecular complexity index is 1070. The van der Waals surface area contributed by atoms with Gasteiger partial charge in [0.15, 0.2) is 0 Å². The quantitative estimate of drug-likeness (QED) is 0.675. The van der Waals surface area contributed by atoms with E-state index in [9.17, 15) is 19.8 Å². The van der Waals surface area contributed by atoms with Crippen molar-refractivity contribution in [2.45, 2.75) is 0 Å². The summed E-state index contributed by atoms with van der Waals surface area (Å²) < 4.78 is 0. The molecule has 0 heterocycles. The SMILES string of the molecule is O=C(O)c1ccccc1C#Cc1ccc(C#Cc2ccccc2C(=O)O)cc1. The first-order chi connectivity index (χ1) is 13.5. The first kappa shape index (κ1) is 18.5. The Morgan fingerprint density at radius 2 is 0.893 bits per heavy atom. The molecule has 28 heavy (non-hydrogen) atoms. The Hall–Kier alpha value is -4.28. The van der Waals surface area contributed by atoms with E-state index in [4.69, 9.17) is 0 Å². The minimum Gasteiger partial charge on any atom is -0.478 e. The third kappa shape index (κ3) is 4.46. The molecule has 3 aromatic rings. The number of carbonyl (C=O) groups is 2. The Kier molecular flexibility index (Phi) is 5.55. The first-order valence-electron chi connectivity index (χ1n) is 8.33. The Morgan fingerprint density at radius 3 is 1.25 bits per heavy atom. The molecular formula is C24H14O4. The van der Waals surface area contributed by atoms with Crippen LogP contribution in [0.15, 0.2) is 72.8 Å². The number of hydrogen-bond donors (Lipinski definition) is 2. The van der Waals surface area contributed by atoms with E-state index in [1.807, 2.05) is 0 Å². The van der Waals surface area contributed by atoms with Crippen molar-refractivity contribution in [1.82, 2.24) is 0 Å². The van der Waals surface area contributed by atoms with E-state index < -0.39 is 11.9 Å². The monoisotopic (exact) mass is 366 g/mol. The molecule has 0 unspecified atom stereocenters. The van der Waals surface area contributed by atoms with Crippen molar-refractivity contribution in [3.05, 3.63) is 106 Å². The highest BCUT2D eigenvalue weighted by atomic mass is 16.4. The maximum atomic E-state index is 11.2. The highest BCUT2D eigenvalue weighted by molar-refractivity contribution is 5.91. The molecular weight excluding hydrogens is 352 g/mol. The molecule has 0 bridgehead atoms. The average molecular weight is 366 g/mol. The fourth-order valence-corrected chi connectivity index (χ4v) is 2.47. The first-order valence-corrected chi connectivity index (χ1v) is 8.33. The van der Waals surface area contributed by atoms with Crippen LogP contribution in [0.5, 0.6) is 0 Å². The fraction of sp³-hybridized carbons (Fsp3) is 0. The third-order valence-electron chi connectivity index (χ3n) is 3.88. The predicted molar refractivity (Wildman–Crippen MR) is 105 cm³/mol. The summed E-state index contributed by atoms with van der Waals surface area (Å²) in [4.78, 5) is 22.4. The second-order valence-electron chi connectivity index (χ2n) is 5.78. The second-order valence-corrected chi connectivity index (χ2v) is 5.78. The number of benzene rings is 3. The van der Waals surface area contributed by atoms with Crippen molar-refractivity contribution in [3.8, 4) is 23.7 Å². The van der Waals surface area contributed by atoms with Gasteiger partial charge in [-0.15, -0.1) is 0 Å². The van der Waals surface area contributed by atoms with Crippen LogP contribution in [0.2, 0.25) is 0 Å². The highest BCUT2D eigenvalue weighted by Gasteiger charge is 2.07. The van der Waals surface area contributed by atoms with Gasteiger partial charge in [0, 0.05) is 22.3 Å². The number of hydrogen-bond acceptors (Lipinski definition) is 2. The van der Waals surface area contributed by atoms with Crippen molar-refractivity contribution in [3.63, 3.8) is 0 Å². The van der Waals surface area contributed by atoms with Gasteiger partial charge in [-0.05, 0) is 48.5 Å². The van der Waals surface area contributed by atoms with Crippen molar-refractivity contribution in [2.24, 2.45) is 0 Å². The van der Waals surface area contributed by atoms with Crippen LogP contribution in [0, 0.1) is 23.7 Å². The van der Waals surface area contributed by atoms with Crippen LogP contribution in [0.25, 0.3) is 0 Å². The molecule has 0 atom stereocenters. The smallest absolute Gasteiger partial charge is 0.336 e. The van der Waals surface area contributed by atoms with Crippen LogP contribution in [-0.2, 0) is 0 Å². The summed E-state index contributed by atoms with van der Waals surface area (Å²) >= 11 is 0. The van der Waals surface area contributed by atoms with Crippen LogP contribution in [0.4, 0.5) is 0 Å². The third-order valence-corrected chi connectivity index (χ3v) is 3.88. The molecule has 4 heteroatoms. The summed E-state index contributed by atoms with van der Waals surface area (Å²) in [5.74, 6) is 9.60. The van der Waals surface area contributed by atoms with Gasteiger partial charge in [0.25, 0.3) is 0 Å². The molecule has 4 nitrogen and oxygen atoms in total. The number of carboxylic acid groups (broad SMARTS) is 2. The standard InChI is InChI=1S/C24H14O4/c25-23(26)21-7-3-1-5-19(21)15-13-17-9-11-18(12-10-17)14-16-20-6-2-4-8-22(20)24(27)28/h1-12H,(H,25,26)(H,27,28). The highest BCUT2D eigenvalue weighted by Crippen LogP contribution is 2.10. The van der Waals surface area contributed by atoms with E-state index in [1.54, 1.807) is 60.7 Å². The lowest BCUT2D eigenvalue weighted by molar-refractivity contribution is 0.0685. The molecule has 0 saturated carbocycles. The van der Waals surface area contributed by atoms with Gasteiger partial charge < -0.3 is 10.2 Å². The van der Waals surface area contributed by atoms with Gasteiger partial charge in [-0.3, -0.25) is 0 Å². The number of rotatable bonds is 2. The molecule has 0 spiro atoms. The van der Waals surface area contributed by atoms with Gasteiger partial charge in [0.2, 0.25) is 0 Å². The average Bonchev–Trinajstić information content (AvgIpc) is 2.71. The van der Waals surface area contributed by atoms with Gasteiger partial charge in [-0.2, -0.15) is 0 Å². The zero-order chi connectivity index (χ0) is 19.9. The molecule has 3 rings (SSSR count). The summed E-state index contributed by atoms with van der Waals surface area (Å²) in [5, 5.41) is 18.4. The Labute approximate surface area is 162 Å². The Morgan fingerprint density at radius 1 is 0.536 bits per heavy atom. The van der Waals surface area contributed by atoms with Crippen molar-refractivity contribution < 1.29 is 19.8 Å². The zero-order valence-corrected chi connectivity index (χ0v) is 14.6. The maximum absolute atomic E-state index is 11.2. The molecule has 0 aliphatic rings. The summed E-state index contributed by atoms with van der Waals surface area (Å²) in [7, 11) is 0. The lowest BCUT2D eigenvalue weighted by Crippen LogP contribution is -1.99. The molecule has 2 N–H and O–H groups in total. The van der Waals surface area contributed by atoms with Crippen LogP contribution in [-0.4, -0.2) is 22.2 Å². The molecule has 0 amide bonds. The lowest BCUT2D eigenvalue weighted by atomic mass is 10.1. The normalized spacial score (nSPS) is 9.43. The van der Waals surface area contributed by atoms with Gasteiger partial charge in [-0.1, -0.05) is 47.9 Å². The van der Waals surface area contributed by atoms with E-state index in [-0.39, 0.29) is 11.1 Å². The van der Waals surface area contributed by atoms with Crippen LogP contribution in [0.3, 0.4) is 0 Å². The van der Waals surface area contributed by atoms with Crippen molar-refractivity contribution in [2.75, 3.05) is 0 Å². The summed E-state index contributed by atoms with van der Waals surface area (Å²) in [6.45, 7) is 0. The van der Waals surface area contributed by atoms with Crippen LogP contribution < -0.4 is 0 Å². The van der Waals surface area contributed by atoms with E-state index in [0.29, 0.717) is 11.1 Å². The van der Waals surface area contributed by atoms with Crippen LogP contribution >= 0.6 is 0 Å². The minimum absolute atomic E-state index is 0.162. The predicted octanol–water partition coefficient (Wildman–Crippen LogP) is 3.88. The molecule has 0 fully saturated rings. The van der Waals surface area contributed by atoms with Gasteiger partial charge in [-0.25, -0.2) is 9.59 Å². The maximum Gasteiger partial charge on any atom is 0.336 e. The topological polar surface area (TPSA) is 74.6 Å². The molecule has 0 aliphatic carbocycles. The van der Waals surface area contributed by atoms with E-state index in [0.717, 1.165) is 11.1 Å². The largest absolute Gasteiger partial charge is 0.478 e. The van der Waals surface area contributed by atoms with Gasteiger partial charge in [0.05, 0.1) is 11.1 Å². The van der Waals surface area contributed by atoms with E-state index >= 15 is 0 Å². The summed E-state index contributed by atoms with van der Waals surface area (Å²) in [6, 6.07) is 20.3. The van der Waals surface area contributed by atoms with E-state index in [2.05, 4.69) is 23.7 Å². The van der Waals surface area contributed by atoms with Gasteiger partial charge >= 0.3 is 11.9 Å². The molecule has 134 valence electrons. The second kappa shape index (κ2) is 8.40. The van der Waals surface area contributed by atoms with Gasteiger partial charge in [0.1, 0.15) is 0 Å². The van der Waals surface area contributed by atoms with Crippen molar-refractivity contribution in [1.29, 1.82) is 0 Å².